The molecule has 0 saturated carbocycles. The zero-order valence-electron chi connectivity index (χ0n) is 21.0. The zero-order valence-corrected chi connectivity index (χ0v) is 23.0. The molecule has 0 aliphatic heterocycles. The molecule has 1 amide bonds. The van der Waals surface area contributed by atoms with Crippen molar-refractivity contribution < 1.29 is 13.9 Å². The average molecular weight is 544 g/mol. The van der Waals surface area contributed by atoms with Crippen molar-refractivity contribution >= 4 is 38.2 Å². The van der Waals surface area contributed by atoms with Gasteiger partial charge in [-0.2, -0.15) is 14.6 Å². The summed E-state index contributed by atoms with van der Waals surface area (Å²) in [4.78, 5) is 18.6. The first-order valence-corrected chi connectivity index (χ1v) is 13.7. The van der Waals surface area contributed by atoms with Gasteiger partial charge in [0.15, 0.2) is 5.65 Å². The maximum atomic E-state index is 13.9. The summed E-state index contributed by atoms with van der Waals surface area (Å²) in [6.45, 7) is 5.58. The number of likely N-dealkylation sites (N-methyl/N-ethyl adjacent to an activating group) is 1. The molecule has 2 atom stereocenters. The minimum atomic E-state index is -1.59. The van der Waals surface area contributed by atoms with E-state index < -0.39 is 6.10 Å². The number of ether oxygens (including phenoxy) is 1. The Morgan fingerprint density at radius 1 is 1.30 bits per heavy atom. The molecule has 0 fully saturated rings. The molecular weight excluding hydrogens is 512 g/mol. The predicted octanol–water partition coefficient (Wildman–Crippen LogP) is 4.85. The SMILES string of the molecule is CCC(CC)Sc1ccc(OC(F)P)c(-c2nn(CCNC)cc2NC(=O)c2cnn3cccnc23)c1. The number of benzene rings is 1. The van der Waals surface area contributed by atoms with Crippen LogP contribution in [0.3, 0.4) is 0 Å². The van der Waals surface area contributed by atoms with Gasteiger partial charge in [-0.3, -0.25) is 9.48 Å². The summed E-state index contributed by atoms with van der Waals surface area (Å²) in [6, 6.07) is 7.37. The predicted molar refractivity (Wildman–Crippen MR) is 148 cm³/mol. The van der Waals surface area contributed by atoms with E-state index in [-0.39, 0.29) is 5.91 Å². The summed E-state index contributed by atoms with van der Waals surface area (Å²) < 4.78 is 22.7. The van der Waals surface area contributed by atoms with Crippen LogP contribution >= 0.6 is 21.0 Å². The third-order valence-corrected chi connectivity index (χ3v) is 7.45. The first-order chi connectivity index (χ1) is 17.9. The van der Waals surface area contributed by atoms with E-state index in [9.17, 15) is 9.18 Å². The number of aromatic nitrogens is 5. The number of nitrogens with zero attached hydrogens (tertiary/aromatic N) is 5. The molecule has 37 heavy (non-hydrogen) atoms. The number of carbonyl (C=O) groups excluding carboxylic acids is 1. The van der Waals surface area contributed by atoms with Crippen molar-refractivity contribution in [2.75, 3.05) is 18.9 Å². The van der Waals surface area contributed by atoms with E-state index in [2.05, 4.69) is 34.6 Å². The van der Waals surface area contributed by atoms with Crippen LogP contribution in [0.4, 0.5) is 10.1 Å². The maximum absolute atomic E-state index is 13.9. The Morgan fingerprint density at radius 2 is 2.11 bits per heavy atom. The molecule has 2 unspecified atom stereocenters. The summed E-state index contributed by atoms with van der Waals surface area (Å²) in [5.41, 5.74) is 2.34. The Labute approximate surface area is 221 Å². The number of rotatable bonds is 12. The van der Waals surface area contributed by atoms with Crippen molar-refractivity contribution in [3.8, 4) is 17.0 Å². The standard InChI is InChI=1S/C25H31FN7O2PS/c1-4-16(5-2)37-17-7-8-21(35-25(26)36)18(13-17)22-20(15-32(31-22)12-10-27-3)30-24(34)19-14-29-33-11-6-9-28-23(19)33/h6-9,11,13-16,25,27H,4-5,10,12,36H2,1-3H3,(H,30,34). The number of carbonyl (C=O) groups is 1. The van der Waals surface area contributed by atoms with E-state index in [1.807, 2.05) is 28.4 Å². The van der Waals surface area contributed by atoms with Gasteiger partial charge in [0.1, 0.15) is 17.0 Å². The van der Waals surface area contributed by atoms with Crippen LogP contribution in [-0.4, -0.2) is 55.2 Å². The van der Waals surface area contributed by atoms with Gasteiger partial charge in [0.2, 0.25) is 6.10 Å². The lowest BCUT2D eigenvalue weighted by Gasteiger charge is -2.16. The number of fused-ring (bicyclic) bond motifs is 1. The number of nitrogens with one attached hydrogen (secondary N) is 2. The summed E-state index contributed by atoms with van der Waals surface area (Å²) in [5, 5.41) is 15.5. The summed E-state index contributed by atoms with van der Waals surface area (Å²) >= 11 is 1.76. The van der Waals surface area contributed by atoms with Gasteiger partial charge >= 0.3 is 0 Å². The van der Waals surface area contributed by atoms with Gasteiger partial charge in [-0.15, -0.1) is 11.8 Å². The van der Waals surface area contributed by atoms with Crippen LogP contribution < -0.4 is 15.4 Å². The molecule has 12 heteroatoms. The first-order valence-electron chi connectivity index (χ1n) is 12.1. The minimum Gasteiger partial charge on any atom is -0.457 e. The Bertz CT molecular complexity index is 1360. The molecule has 196 valence electrons. The quantitative estimate of drug-likeness (QED) is 0.195. The molecule has 0 aliphatic carbocycles. The average Bonchev–Trinajstić information content (AvgIpc) is 3.50. The van der Waals surface area contributed by atoms with Crippen LogP contribution in [-0.2, 0) is 6.54 Å². The number of alkyl halides is 1. The van der Waals surface area contributed by atoms with Gasteiger partial charge in [-0.25, -0.2) is 9.50 Å². The van der Waals surface area contributed by atoms with Crippen molar-refractivity contribution in [2.24, 2.45) is 0 Å². The molecule has 4 rings (SSSR count). The number of hydrogen-bond donors (Lipinski definition) is 2. The van der Waals surface area contributed by atoms with E-state index in [0.717, 1.165) is 17.7 Å². The van der Waals surface area contributed by atoms with Crippen LogP contribution in [0.2, 0.25) is 0 Å². The van der Waals surface area contributed by atoms with E-state index in [0.29, 0.717) is 52.2 Å². The normalized spacial score (nSPS) is 12.3. The molecule has 0 radical (unpaired) electrons. The second-order valence-electron chi connectivity index (χ2n) is 8.34. The zero-order chi connectivity index (χ0) is 26.4. The van der Waals surface area contributed by atoms with Crippen molar-refractivity contribution in [1.82, 2.24) is 29.7 Å². The fraction of sp³-hybridized carbons (Fsp3) is 0.360. The summed E-state index contributed by atoms with van der Waals surface area (Å²) in [7, 11) is 3.86. The van der Waals surface area contributed by atoms with E-state index in [1.54, 1.807) is 47.2 Å². The molecule has 0 spiro atoms. The largest absolute Gasteiger partial charge is 0.457 e. The molecule has 3 aromatic heterocycles. The second-order valence-corrected chi connectivity index (χ2v) is 10.2. The van der Waals surface area contributed by atoms with E-state index in [4.69, 9.17) is 9.84 Å². The first kappa shape index (κ1) is 27.0. The topological polar surface area (TPSA) is 98.4 Å². The third kappa shape index (κ3) is 6.47. The maximum Gasteiger partial charge on any atom is 0.261 e. The van der Waals surface area contributed by atoms with E-state index >= 15 is 0 Å². The minimum absolute atomic E-state index is 0.331. The van der Waals surface area contributed by atoms with Gasteiger partial charge in [0.25, 0.3) is 5.91 Å². The smallest absolute Gasteiger partial charge is 0.261 e. The van der Waals surface area contributed by atoms with Gasteiger partial charge in [0.05, 0.1) is 18.4 Å². The molecule has 0 bridgehead atoms. The molecule has 4 aromatic rings. The van der Waals surface area contributed by atoms with Crippen LogP contribution in [0.1, 0.15) is 37.0 Å². The molecule has 2 N–H and O–H groups in total. The number of anilines is 1. The number of amides is 1. The molecule has 1 aromatic carbocycles. The fourth-order valence-electron chi connectivity index (χ4n) is 3.87. The highest BCUT2D eigenvalue weighted by atomic mass is 32.2. The summed E-state index contributed by atoms with van der Waals surface area (Å²) in [6.07, 6.45) is 7.04. The molecular formula is C25H31FN7O2PS. The fourth-order valence-corrected chi connectivity index (χ4v) is 5.07. The number of hydrogen-bond acceptors (Lipinski definition) is 7. The lowest BCUT2D eigenvalue weighted by molar-refractivity contribution is 0.102. The summed E-state index contributed by atoms with van der Waals surface area (Å²) in [5.74, 6) is -0.0361. The Balaban J connectivity index is 1.76. The van der Waals surface area contributed by atoms with Gasteiger partial charge in [-0.1, -0.05) is 23.1 Å². The molecule has 0 saturated heterocycles. The van der Waals surface area contributed by atoms with Crippen LogP contribution in [0.15, 0.2) is 53.9 Å². The molecule has 3 heterocycles. The lowest BCUT2D eigenvalue weighted by Crippen LogP contribution is -2.15. The van der Waals surface area contributed by atoms with Crippen molar-refractivity contribution in [3.63, 3.8) is 0 Å². The van der Waals surface area contributed by atoms with Crippen molar-refractivity contribution in [1.29, 1.82) is 0 Å². The van der Waals surface area contributed by atoms with Gasteiger partial charge < -0.3 is 15.4 Å². The monoisotopic (exact) mass is 543 g/mol. The van der Waals surface area contributed by atoms with Crippen LogP contribution in [0, 0.1) is 0 Å². The highest BCUT2D eigenvalue weighted by molar-refractivity contribution is 8.00. The van der Waals surface area contributed by atoms with Crippen LogP contribution in [0.5, 0.6) is 5.75 Å². The van der Waals surface area contributed by atoms with Crippen LogP contribution in [0.25, 0.3) is 16.9 Å². The highest BCUT2D eigenvalue weighted by Gasteiger charge is 2.22. The molecule has 0 aliphatic rings. The van der Waals surface area contributed by atoms with Gasteiger partial charge in [0, 0.05) is 40.8 Å². The highest BCUT2D eigenvalue weighted by Crippen LogP contribution is 2.39. The third-order valence-electron chi connectivity index (χ3n) is 5.78. The second kappa shape index (κ2) is 12.5. The van der Waals surface area contributed by atoms with Gasteiger partial charge in [-0.05, 0) is 44.2 Å². The van der Waals surface area contributed by atoms with Crippen molar-refractivity contribution in [2.45, 2.75) is 49.5 Å². The molecule has 9 nitrogen and oxygen atoms in total. The number of thioether (sulfide) groups is 1. The van der Waals surface area contributed by atoms with E-state index in [1.165, 1.54) is 10.7 Å². The van der Waals surface area contributed by atoms with Crippen molar-refractivity contribution in [3.05, 3.63) is 54.6 Å². The number of halogens is 1. The lowest BCUT2D eigenvalue weighted by atomic mass is 10.1. The Kier molecular flexibility index (Phi) is 9.13. The Morgan fingerprint density at radius 3 is 2.84 bits per heavy atom. The Hall–Kier alpha value is -3.01.